The van der Waals surface area contributed by atoms with E-state index in [9.17, 15) is 9.90 Å². The lowest BCUT2D eigenvalue weighted by atomic mass is 10.1. The van der Waals surface area contributed by atoms with E-state index >= 15 is 0 Å². The average molecular weight is 238 g/mol. The number of phenols is 1. The van der Waals surface area contributed by atoms with E-state index < -0.39 is 0 Å². The number of hydrogen-bond acceptors (Lipinski definition) is 3. The molecule has 0 aliphatic heterocycles. The van der Waals surface area contributed by atoms with Gasteiger partial charge >= 0.3 is 0 Å². The van der Waals surface area contributed by atoms with Crippen LogP contribution in [0.3, 0.4) is 0 Å². The zero-order valence-corrected chi connectivity index (χ0v) is 9.59. The summed E-state index contributed by atoms with van der Waals surface area (Å²) in [6.45, 7) is 0.451. The van der Waals surface area contributed by atoms with Crippen molar-refractivity contribution in [1.29, 1.82) is 0 Å². The fraction of sp³-hybridized carbons (Fsp3) is 0.273. The Morgan fingerprint density at radius 1 is 1.50 bits per heavy atom. The van der Waals surface area contributed by atoms with E-state index in [1.54, 1.807) is 24.3 Å². The smallest absolute Gasteiger partial charge is 0.224 e. The Balaban J connectivity index is 2.37. The number of hydrogen-bond donors (Lipinski definition) is 3. The molecule has 1 aromatic carbocycles. The van der Waals surface area contributed by atoms with Gasteiger partial charge in [0.15, 0.2) is 0 Å². The van der Waals surface area contributed by atoms with Crippen molar-refractivity contribution >= 4 is 23.1 Å². The van der Waals surface area contributed by atoms with Crippen molar-refractivity contribution in [1.82, 2.24) is 5.32 Å². The van der Waals surface area contributed by atoms with E-state index in [1.807, 2.05) is 0 Å². The largest absolute Gasteiger partial charge is 0.508 e. The number of amides is 1. The predicted octanol–water partition coefficient (Wildman–Crippen LogP) is 0.727. The van der Waals surface area contributed by atoms with Crippen molar-refractivity contribution in [2.24, 2.45) is 5.73 Å². The third-order valence-electron chi connectivity index (χ3n) is 1.97. The number of benzene rings is 1. The van der Waals surface area contributed by atoms with Crippen LogP contribution in [0.4, 0.5) is 0 Å². The molecule has 0 spiro atoms. The zero-order valence-electron chi connectivity index (χ0n) is 8.77. The highest BCUT2D eigenvalue weighted by atomic mass is 32.1. The average Bonchev–Trinajstić information content (AvgIpc) is 2.16. The summed E-state index contributed by atoms with van der Waals surface area (Å²) >= 11 is 4.69. The van der Waals surface area contributed by atoms with E-state index in [2.05, 4.69) is 17.5 Å². The van der Waals surface area contributed by atoms with Gasteiger partial charge in [-0.1, -0.05) is 24.4 Å². The number of carbonyl (C=O) groups is 1. The number of carbonyl (C=O) groups excluding carboxylic acids is 1. The molecule has 0 heterocycles. The molecule has 0 aliphatic rings. The van der Waals surface area contributed by atoms with Gasteiger partial charge in [-0.3, -0.25) is 4.79 Å². The van der Waals surface area contributed by atoms with E-state index in [-0.39, 0.29) is 18.1 Å². The van der Waals surface area contributed by atoms with Crippen LogP contribution < -0.4 is 11.1 Å². The third kappa shape index (κ3) is 4.75. The van der Waals surface area contributed by atoms with Crippen LogP contribution in [0.5, 0.6) is 5.75 Å². The van der Waals surface area contributed by atoms with Gasteiger partial charge in [0, 0.05) is 13.0 Å². The van der Waals surface area contributed by atoms with Gasteiger partial charge in [-0.2, -0.15) is 0 Å². The number of phenolic OH excluding ortho intramolecular Hbond substituents is 1. The summed E-state index contributed by atoms with van der Waals surface area (Å²) in [7, 11) is 0. The maximum atomic E-state index is 11.4. The van der Waals surface area contributed by atoms with Gasteiger partial charge in [0.05, 0.1) is 11.4 Å². The van der Waals surface area contributed by atoms with Gasteiger partial charge in [-0.25, -0.2) is 0 Å². The van der Waals surface area contributed by atoms with Crippen molar-refractivity contribution in [3.63, 3.8) is 0 Å². The Labute approximate surface area is 99.5 Å². The van der Waals surface area contributed by atoms with Gasteiger partial charge in [-0.15, -0.1) is 0 Å². The van der Waals surface area contributed by atoms with Gasteiger partial charge in [-0.05, 0) is 17.7 Å². The number of aromatic hydroxyl groups is 1. The molecule has 0 aromatic heterocycles. The lowest BCUT2D eigenvalue weighted by Gasteiger charge is -2.04. The van der Waals surface area contributed by atoms with Gasteiger partial charge in [0.1, 0.15) is 5.75 Å². The predicted molar refractivity (Wildman–Crippen MR) is 66.2 cm³/mol. The maximum Gasteiger partial charge on any atom is 0.224 e. The summed E-state index contributed by atoms with van der Waals surface area (Å²) in [5.74, 6) is 0.0512. The molecule has 0 aliphatic carbocycles. The molecule has 16 heavy (non-hydrogen) atoms. The molecule has 0 unspecified atom stereocenters. The number of nitrogens with two attached hydrogens (primary N) is 1. The molecule has 86 valence electrons. The van der Waals surface area contributed by atoms with Crippen molar-refractivity contribution in [3.8, 4) is 5.75 Å². The van der Waals surface area contributed by atoms with E-state index in [1.165, 1.54) is 0 Å². The minimum absolute atomic E-state index is 0.109. The molecule has 4 nitrogen and oxygen atoms in total. The topological polar surface area (TPSA) is 75.3 Å². The Kier molecular flexibility index (Phi) is 4.72. The minimum Gasteiger partial charge on any atom is -0.508 e. The highest BCUT2D eigenvalue weighted by Crippen LogP contribution is 2.10. The molecule has 0 saturated carbocycles. The first kappa shape index (κ1) is 12.4. The van der Waals surface area contributed by atoms with Crippen LogP contribution in [0.25, 0.3) is 0 Å². The third-order valence-corrected chi connectivity index (χ3v) is 2.17. The second kappa shape index (κ2) is 6.07. The lowest BCUT2D eigenvalue weighted by molar-refractivity contribution is -0.120. The van der Waals surface area contributed by atoms with E-state index in [0.29, 0.717) is 18.0 Å². The fourth-order valence-electron chi connectivity index (χ4n) is 1.24. The highest BCUT2D eigenvalue weighted by Gasteiger charge is 2.03. The fourth-order valence-corrected chi connectivity index (χ4v) is 1.34. The number of nitrogens with one attached hydrogen (secondary N) is 1. The van der Waals surface area contributed by atoms with Crippen LogP contribution in [-0.4, -0.2) is 22.5 Å². The van der Waals surface area contributed by atoms with E-state index in [4.69, 9.17) is 5.73 Å². The Morgan fingerprint density at radius 3 is 2.88 bits per heavy atom. The van der Waals surface area contributed by atoms with Crippen molar-refractivity contribution in [2.75, 3.05) is 6.54 Å². The van der Waals surface area contributed by atoms with Gasteiger partial charge in [0.2, 0.25) is 5.91 Å². The molecule has 0 bridgehead atoms. The lowest BCUT2D eigenvalue weighted by Crippen LogP contribution is -2.28. The van der Waals surface area contributed by atoms with Crippen molar-refractivity contribution in [2.45, 2.75) is 12.8 Å². The van der Waals surface area contributed by atoms with Crippen LogP contribution in [0.2, 0.25) is 0 Å². The molecule has 0 saturated heterocycles. The molecular formula is C11H14N2O2S. The zero-order chi connectivity index (χ0) is 12.0. The van der Waals surface area contributed by atoms with Crippen LogP contribution in [0.1, 0.15) is 12.0 Å². The van der Waals surface area contributed by atoms with Crippen LogP contribution >= 0.6 is 12.2 Å². The summed E-state index contributed by atoms with van der Waals surface area (Å²) in [5, 5.41) is 11.9. The first-order chi connectivity index (χ1) is 7.58. The summed E-state index contributed by atoms with van der Waals surface area (Å²) < 4.78 is 0. The monoisotopic (exact) mass is 238 g/mol. The van der Waals surface area contributed by atoms with Crippen molar-refractivity contribution < 1.29 is 9.90 Å². The molecule has 0 atom stereocenters. The second-order valence-electron chi connectivity index (χ2n) is 3.41. The Morgan fingerprint density at radius 2 is 2.25 bits per heavy atom. The summed E-state index contributed by atoms with van der Waals surface area (Å²) in [5.41, 5.74) is 6.07. The highest BCUT2D eigenvalue weighted by molar-refractivity contribution is 7.80. The van der Waals surface area contributed by atoms with Gasteiger partial charge < -0.3 is 16.2 Å². The number of thiocarbonyl (C=S) groups is 1. The molecule has 0 radical (unpaired) electrons. The van der Waals surface area contributed by atoms with E-state index in [0.717, 1.165) is 5.56 Å². The van der Waals surface area contributed by atoms with Crippen LogP contribution in [0.15, 0.2) is 24.3 Å². The first-order valence-corrected chi connectivity index (χ1v) is 5.31. The minimum atomic E-state index is -0.109. The molecule has 5 heteroatoms. The molecule has 4 N–H and O–H groups in total. The van der Waals surface area contributed by atoms with Crippen molar-refractivity contribution in [3.05, 3.63) is 29.8 Å². The maximum absolute atomic E-state index is 11.4. The molecule has 0 fully saturated rings. The molecule has 1 rings (SSSR count). The molecular weight excluding hydrogens is 224 g/mol. The molecule has 1 aromatic rings. The standard InChI is InChI=1S/C11H14N2O2S/c12-10(16)4-5-13-11(15)7-8-2-1-3-9(14)6-8/h1-3,6,14H,4-5,7H2,(H2,12,16)(H,13,15). The summed E-state index contributed by atoms with van der Waals surface area (Å²) in [4.78, 5) is 11.8. The van der Waals surface area contributed by atoms with Gasteiger partial charge in [0.25, 0.3) is 0 Å². The normalized spacial score (nSPS) is 9.75. The molecule has 1 amide bonds. The van der Waals surface area contributed by atoms with Crippen LogP contribution in [-0.2, 0) is 11.2 Å². The number of rotatable bonds is 5. The SMILES string of the molecule is NC(=S)CCNC(=O)Cc1cccc(O)c1. The Hall–Kier alpha value is -1.62. The first-order valence-electron chi connectivity index (χ1n) is 4.91. The summed E-state index contributed by atoms with van der Waals surface area (Å²) in [6, 6.07) is 6.61. The summed E-state index contributed by atoms with van der Waals surface area (Å²) in [6.07, 6.45) is 0.743. The van der Waals surface area contributed by atoms with Crippen LogP contribution in [0, 0.1) is 0 Å². The Bertz CT molecular complexity index is 393. The second-order valence-corrected chi connectivity index (χ2v) is 3.94. The quantitative estimate of drug-likeness (QED) is 0.661.